The van der Waals surface area contributed by atoms with E-state index in [9.17, 15) is 23.1 Å². The first-order chi connectivity index (χ1) is 11.3. The van der Waals surface area contributed by atoms with E-state index in [1.165, 1.54) is 18.2 Å². The van der Waals surface area contributed by atoms with Gasteiger partial charge in [0.1, 0.15) is 0 Å². The van der Waals surface area contributed by atoms with Gasteiger partial charge in [0.05, 0.1) is 23.4 Å². The third-order valence-electron chi connectivity index (χ3n) is 3.60. The molecule has 2 aromatic rings. The Hall–Kier alpha value is -2.54. The lowest BCUT2D eigenvalue weighted by atomic mass is 9.93. The van der Waals surface area contributed by atoms with E-state index < -0.39 is 29.9 Å². The maximum Gasteiger partial charge on any atom is 0.418 e. The molecule has 0 unspecified atom stereocenters. The van der Waals surface area contributed by atoms with Crippen molar-refractivity contribution in [3.05, 3.63) is 65.7 Å². The fraction of sp³-hybridized carbons (Fsp3) is 0.235. The van der Waals surface area contributed by atoms with Crippen LogP contribution in [0.3, 0.4) is 0 Å². The number of alkyl halides is 3. The Labute approximate surface area is 137 Å². The topological polar surface area (TPSA) is 61.4 Å². The monoisotopic (exact) mass is 338 g/mol. The summed E-state index contributed by atoms with van der Waals surface area (Å²) in [5.41, 5.74) is -1.79. The van der Waals surface area contributed by atoms with Crippen molar-refractivity contribution in [2.75, 3.05) is 11.9 Å². The Bertz CT molecular complexity index is 704. The number of carbonyl (C=O) groups excluding carboxylic acids is 1. The third kappa shape index (κ3) is 4.05. The summed E-state index contributed by atoms with van der Waals surface area (Å²) in [7, 11) is 0. The fourth-order valence-electron chi connectivity index (χ4n) is 2.25. The highest BCUT2D eigenvalue weighted by molar-refractivity contribution is 5.90. The number of hydrogen-bond donors (Lipinski definition) is 3. The van der Waals surface area contributed by atoms with Crippen LogP contribution < -0.4 is 10.6 Å². The normalized spacial score (nSPS) is 13.9. The molecule has 0 bridgehead atoms. The van der Waals surface area contributed by atoms with Crippen LogP contribution >= 0.6 is 0 Å². The van der Waals surface area contributed by atoms with Crippen LogP contribution in [0.25, 0.3) is 0 Å². The zero-order valence-electron chi connectivity index (χ0n) is 12.9. The molecule has 0 spiro atoms. The Morgan fingerprint density at radius 3 is 2.21 bits per heavy atom. The summed E-state index contributed by atoms with van der Waals surface area (Å²) in [5, 5.41) is 14.3. The number of urea groups is 1. The van der Waals surface area contributed by atoms with Gasteiger partial charge in [-0.2, -0.15) is 13.2 Å². The molecule has 0 heterocycles. The second-order valence-corrected chi connectivity index (χ2v) is 5.48. The van der Waals surface area contributed by atoms with E-state index in [0.717, 1.165) is 6.07 Å². The summed E-state index contributed by atoms with van der Waals surface area (Å²) >= 11 is 0. The first-order valence-electron chi connectivity index (χ1n) is 7.18. The maximum absolute atomic E-state index is 13.0. The standard InChI is InChI=1S/C17H17F3N2O2/c1-16(11-23,12-7-3-2-4-8-12)22-15(24)21-14-10-6-5-9-13(14)17(18,19)20/h2-10,23H,11H2,1H3,(H2,21,22,24)/t16-/m1/s1. The molecule has 4 nitrogen and oxygen atoms in total. The first-order valence-corrected chi connectivity index (χ1v) is 7.18. The van der Waals surface area contributed by atoms with Crippen molar-refractivity contribution < 1.29 is 23.1 Å². The minimum absolute atomic E-state index is 0.351. The van der Waals surface area contributed by atoms with E-state index in [1.54, 1.807) is 37.3 Å². The summed E-state index contributed by atoms with van der Waals surface area (Å²) in [4.78, 5) is 12.1. The zero-order chi connectivity index (χ0) is 17.8. The Balaban J connectivity index is 2.19. The number of anilines is 1. The number of carbonyl (C=O) groups is 1. The molecular weight excluding hydrogens is 321 g/mol. The van der Waals surface area contributed by atoms with E-state index >= 15 is 0 Å². The molecule has 7 heteroatoms. The molecule has 0 aromatic heterocycles. The largest absolute Gasteiger partial charge is 0.418 e. The van der Waals surface area contributed by atoms with Crippen LogP contribution in [0.5, 0.6) is 0 Å². The number of nitrogens with one attached hydrogen (secondary N) is 2. The van der Waals surface area contributed by atoms with Crippen LogP contribution in [-0.2, 0) is 11.7 Å². The molecule has 2 amide bonds. The van der Waals surface area contributed by atoms with Gasteiger partial charge in [-0.15, -0.1) is 0 Å². The molecule has 128 valence electrons. The van der Waals surface area contributed by atoms with Gasteiger partial charge in [-0.25, -0.2) is 4.79 Å². The molecule has 0 radical (unpaired) electrons. The van der Waals surface area contributed by atoms with Crippen molar-refractivity contribution >= 4 is 11.7 Å². The van der Waals surface area contributed by atoms with E-state index in [4.69, 9.17) is 0 Å². The lowest BCUT2D eigenvalue weighted by molar-refractivity contribution is -0.136. The number of amides is 2. The van der Waals surface area contributed by atoms with Crippen LogP contribution in [0.4, 0.5) is 23.7 Å². The molecule has 0 aliphatic carbocycles. The summed E-state index contributed by atoms with van der Waals surface area (Å²) in [5.74, 6) is 0. The molecule has 0 saturated heterocycles. The highest BCUT2D eigenvalue weighted by Gasteiger charge is 2.34. The minimum atomic E-state index is -4.58. The summed E-state index contributed by atoms with van der Waals surface area (Å²) in [6.07, 6.45) is -4.58. The average Bonchev–Trinajstić information content (AvgIpc) is 2.55. The van der Waals surface area contributed by atoms with Gasteiger partial charge in [0, 0.05) is 0 Å². The lowest BCUT2D eigenvalue weighted by Gasteiger charge is -2.29. The van der Waals surface area contributed by atoms with Crippen LogP contribution in [0.15, 0.2) is 54.6 Å². The second-order valence-electron chi connectivity index (χ2n) is 5.48. The zero-order valence-corrected chi connectivity index (χ0v) is 12.9. The summed E-state index contributed by atoms with van der Waals surface area (Å²) in [6.45, 7) is 1.17. The van der Waals surface area contributed by atoms with E-state index in [2.05, 4.69) is 10.6 Å². The van der Waals surface area contributed by atoms with Gasteiger partial charge in [-0.05, 0) is 24.6 Å². The van der Waals surface area contributed by atoms with Gasteiger partial charge >= 0.3 is 12.2 Å². The number of rotatable bonds is 4. The van der Waals surface area contributed by atoms with Crippen LogP contribution in [0.2, 0.25) is 0 Å². The molecule has 24 heavy (non-hydrogen) atoms. The van der Waals surface area contributed by atoms with E-state index in [0.29, 0.717) is 5.56 Å². The quantitative estimate of drug-likeness (QED) is 0.795. The SMILES string of the molecule is C[C@](CO)(NC(=O)Nc1ccccc1C(F)(F)F)c1ccccc1. The molecule has 1 atom stereocenters. The third-order valence-corrected chi connectivity index (χ3v) is 3.60. The van der Waals surface area contributed by atoms with Crippen molar-refractivity contribution in [2.24, 2.45) is 0 Å². The molecule has 2 aromatic carbocycles. The van der Waals surface area contributed by atoms with Crippen molar-refractivity contribution in [2.45, 2.75) is 18.6 Å². The predicted octanol–water partition coefficient (Wildman–Crippen LogP) is 3.73. The van der Waals surface area contributed by atoms with Gasteiger partial charge in [-0.1, -0.05) is 42.5 Å². The van der Waals surface area contributed by atoms with Gasteiger partial charge < -0.3 is 15.7 Å². The van der Waals surface area contributed by atoms with E-state index in [-0.39, 0.29) is 5.69 Å². The number of benzene rings is 2. The Kier molecular flexibility index (Phi) is 5.14. The average molecular weight is 338 g/mol. The number of aliphatic hydroxyl groups is 1. The van der Waals surface area contributed by atoms with Gasteiger partial charge in [0.15, 0.2) is 0 Å². The molecule has 0 aliphatic heterocycles. The summed E-state index contributed by atoms with van der Waals surface area (Å²) < 4.78 is 38.9. The Morgan fingerprint density at radius 2 is 1.62 bits per heavy atom. The first kappa shape index (κ1) is 17.8. The van der Waals surface area contributed by atoms with Gasteiger partial charge in [0.2, 0.25) is 0 Å². The minimum Gasteiger partial charge on any atom is -0.394 e. The van der Waals surface area contributed by atoms with Crippen molar-refractivity contribution in [1.29, 1.82) is 0 Å². The lowest BCUT2D eigenvalue weighted by Crippen LogP contribution is -2.48. The van der Waals surface area contributed by atoms with Crippen LogP contribution in [-0.4, -0.2) is 17.7 Å². The molecule has 0 aliphatic rings. The molecule has 3 N–H and O–H groups in total. The summed E-state index contributed by atoms with van der Waals surface area (Å²) in [6, 6.07) is 12.5. The van der Waals surface area contributed by atoms with Crippen molar-refractivity contribution in [3.8, 4) is 0 Å². The fourth-order valence-corrected chi connectivity index (χ4v) is 2.25. The number of halogens is 3. The van der Waals surface area contributed by atoms with E-state index in [1.807, 2.05) is 0 Å². The van der Waals surface area contributed by atoms with Crippen molar-refractivity contribution in [1.82, 2.24) is 5.32 Å². The highest BCUT2D eigenvalue weighted by Crippen LogP contribution is 2.34. The molecule has 2 rings (SSSR count). The predicted molar refractivity (Wildman–Crippen MR) is 84.5 cm³/mol. The van der Waals surface area contributed by atoms with Gasteiger partial charge in [0.25, 0.3) is 0 Å². The number of hydrogen-bond acceptors (Lipinski definition) is 2. The number of aliphatic hydroxyl groups excluding tert-OH is 1. The maximum atomic E-state index is 13.0. The molecule has 0 saturated carbocycles. The Morgan fingerprint density at radius 1 is 1.04 bits per heavy atom. The van der Waals surface area contributed by atoms with Gasteiger partial charge in [-0.3, -0.25) is 0 Å². The molecular formula is C17H17F3N2O2. The van der Waals surface area contributed by atoms with Crippen LogP contribution in [0, 0.1) is 0 Å². The van der Waals surface area contributed by atoms with Crippen molar-refractivity contribution in [3.63, 3.8) is 0 Å². The number of para-hydroxylation sites is 1. The molecule has 0 fully saturated rings. The highest BCUT2D eigenvalue weighted by atomic mass is 19.4. The van der Waals surface area contributed by atoms with Crippen LogP contribution in [0.1, 0.15) is 18.1 Å². The second kappa shape index (κ2) is 6.92. The smallest absolute Gasteiger partial charge is 0.394 e.